The molecule has 21 heavy (non-hydrogen) atoms. The number of amides is 1. The molecule has 1 N–H and O–H groups in total. The summed E-state index contributed by atoms with van der Waals surface area (Å²) in [4.78, 5) is 12.5. The number of hydrogen-bond donors (Lipinski definition) is 1. The Morgan fingerprint density at radius 2 is 2.19 bits per heavy atom. The summed E-state index contributed by atoms with van der Waals surface area (Å²) >= 11 is 3.58. The summed E-state index contributed by atoms with van der Waals surface area (Å²) in [7, 11) is 0. The molecular weight excluding hydrogens is 332 g/mol. The Kier molecular flexibility index (Phi) is 3.10. The van der Waals surface area contributed by atoms with Crippen molar-refractivity contribution in [1.82, 2.24) is 10.5 Å². The standard InChI is InChI=1S/C16H15BrN2O2/c17-13-3-1-2-11-10(13)6-7-14(11)18-16(20)12-8-21-19-15(12)9-4-5-9/h1-3,8-9,14H,4-7H2,(H,18,20)/t14-/m0/s1. The van der Waals surface area contributed by atoms with Crippen LogP contribution in [0.5, 0.6) is 0 Å². The highest BCUT2D eigenvalue weighted by molar-refractivity contribution is 9.10. The van der Waals surface area contributed by atoms with Crippen molar-refractivity contribution in [3.63, 3.8) is 0 Å². The van der Waals surface area contributed by atoms with E-state index in [9.17, 15) is 4.79 Å². The summed E-state index contributed by atoms with van der Waals surface area (Å²) in [6, 6.07) is 6.23. The number of hydrogen-bond acceptors (Lipinski definition) is 3. The van der Waals surface area contributed by atoms with Gasteiger partial charge in [0.25, 0.3) is 5.91 Å². The Balaban J connectivity index is 1.56. The van der Waals surface area contributed by atoms with Gasteiger partial charge >= 0.3 is 0 Å². The van der Waals surface area contributed by atoms with Gasteiger partial charge in [0.2, 0.25) is 0 Å². The highest BCUT2D eigenvalue weighted by Crippen LogP contribution is 2.41. The van der Waals surface area contributed by atoms with E-state index in [-0.39, 0.29) is 11.9 Å². The van der Waals surface area contributed by atoms with E-state index in [2.05, 4.69) is 32.5 Å². The van der Waals surface area contributed by atoms with Crippen molar-refractivity contribution in [1.29, 1.82) is 0 Å². The van der Waals surface area contributed by atoms with E-state index in [1.165, 1.54) is 17.4 Å². The predicted octanol–water partition coefficient (Wildman–Crippen LogP) is 3.73. The van der Waals surface area contributed by atoms with Crippen LogP contribution in [0.2, 0.25) is 0 Å². The lowest BCUT2D eigenvalue weighted by Crippen LogP contribution is -2.27. The number of nitrogens with zero attached hydrogens (tertiary/aromatic N) is 1. The van der Waals surface area contributed by atoms with Crippen molar-refractivity contribution in [3.8, 4) is 0 Å². The van der Waals surface area contributed by atoms with Crippen LogP contribution in [-0.2, 0) is 6.42 Å². The first-order valence-electron chi connectivity index (χ1n) is 7.26. The number of nitrogens with one attached hydrogen (secondary N) is 1. The van der Waals surface area contributed by atoms with Crippen LogP contribution in [-0.4, -0.2) is 11.1 Å². The minimum absolute atomic E-state index is 0.0732. The van der Waals surface area contributed by atoms with Crippen LogP contribution in [0, 0.1) is 0 Å². The Morgan fingerprint density at radius 3 is 3.00 bits per heavy atom. The summed E-state index contributed by atoms with van der Waals surface area (Å²) in [5, 5.41) is 7.12. The molecule has 2 aromatic rings. The summed E-state index contributed by atoms with van der Waals surface area (Å²) in [6.07, 6.45) is 5.60. The molecule has 108 valence electrons. The number of carbonyl (C=O) groups is 1. The van der Waals surface area contributed by atoms with Crippen molar-refractivity contribution in [2.75, 3.05) is 0 Å². The maximum Gasteiger partial charge on any atom is 0.257 e. The van der Waals surface area contributed by atoms with Crippen LogP contribution in [0.25, 0.3) is 0 Å². The lowest BCUT2D eigenvalue weighted by Gasteiger charge is -2.14. The zero-order chi connectivity index (χ0) is 14.4. The molecule has 2 aliphatic carbocycles. The van der Waals surface area contributed by atoms with Crippen molar-refractivity contribution < 1.29 is 9.32 Å². The molecule has 0 radical (unpaired) electrons. The molecule has 4 nitrogen and oxygen atoms in total. The third kappa shape index (κ3) is 2.29. The van der Waals surface area contributed by atoms with E-state index in [0.717, 1.165) is 35.8 Å². The number of aromatic nitrogens is 1. The fourth-order valence-corrected chi connectivity index (χ4v) is 3.64. The minimum atomic E-state index is -0.0732. The van der Waals surface area contributed by atoms with E-state index < -0.39 is 0 Å². The van der Waals surface area contributed by atoms with Gasteiger partial charge in [0.1, 0.15) is 11.8 Å². The Morgan fingerprint density at radius 1 is 1.33 bits per heavy atom. The Bertz CT molecular complexity index is 706. The molecule has 1 aromatic heterocycles. The predicted molar refractivity (Wildman–Crippen MR) is 81.1 cm³/mol. The second-order valence-electron chi connectivity index (χ2n) is 5.76. The maximum atomic E-state index is 12.5. The second kappa shape index (κ2) is 4.98. The molecule has 4 rings (SSSR count). The van der Waals surface area contributed by atoms with Crippen molar-refractivity contribution in [3.05, 3.63) is 51.3 Å². The van der Waals surface area contributed by atoms with Crippen LogP contribution in [0.15, 0.2) is 33.5 Å². The van der Waals surface area contributed by atoms with Crippen LogP contribution < -0.4 is 5.32 Å². The highest BCUT2D eigenvalue weighted by Gasteiger charge is 2.33. The largest absolute Gasteiger partial charge is 0.364 e. The van der Waals surface area contributed by atoms with Gasteiger partial charge in [-0.25, -0.2) is 0 Å². The van der Waals surface area contributed by atoms with Crippen molar-refractivity contribution in [2.24, 2.45) is 0 Å². The van der Waals surface area contributed by atoms with Crippen molar-refractivity contribution in [2.45, 2.75) is 37.6 Å². The molecule has 1 saturated carbocycles. The van der Waals surface area contributed by atoms with Gasteiger partial charge < -0.3 is 9.84 Å². The number of benzene rings is 1. The topological polar surface area (TPSA) is 55.1 Å². The zero-order valence-corrected chi connectivity index (χ0v) is 13.0. The third-order valence-corrected chi connectivity index (χ3v) is 5.07. The smallest absolute Gasteiger partial charge is 0.257 e. The molecule has 1 amide bonds. The fraction of sp³-hybridized carbons (Fsp3) is 0.375. The molecule has 1 fully saturated rings. The number of halogens is 1. The van der Waals surface area contributed by atoms with Crippen LogP contribution in [0.3, 0.4) is 0 Å². The van der Waals surface area contributed by atoms with E-state index in [1.807, 2.05) is 12.1 Å². The summed E-state index contributed by atoms with van der Waals surface area (Å²) in [6.45, 7) is 0. The van der Waals surface area contributed by atoms with E-state index in [0.29, 0.717) is 11.5 Å². The normalized spacial score (nSPS) is 20.3. The summed E-state index contributed by atoms with van der Waals surface area (Å²) in [5.41, 5.74) is 3.93. The van der Waals surface area contributed by atoms with Gasteiger partial charge in [-0.15, -0.1) is 0 Å². The molecule has 1 atom stereocenters. The number of carbonyl (C=O) groups excluding carboxylic acids is 1. The molecule has 0 aliphatic heterocycles. The molecule has 2 aliphatic rings. The van der Waals surface area contributed by atoms with Crippen molar-refractivity contribution >= 4 is 21.8 Å². The lowest BCUT2D eigenvalue weighted by molar-refractivity contribution is 0.0935. The molecule has 5 heteroatoms. The SMILES string of the molecule is O=C(N[C@H]1CCc2c(Br)cccc21)c1conc1C1CC1. The summed E-state index contributed by atoms with van der Waals surface area (Å²) < 4.78 is 6.13. The molecule has 0 unspecified atom stereocenters. The average molecular weight is 347 g/mol. The maximum absolute atomic E-state index is 12.5. The molecule has 0 bridgehead atoms. The third-order valence-electron chi connectivity index (χ3n) is 4.33. The molecule has 0 spiro atoms. The first-order valence-corrected chi connectivity index (χ1v) is 8.06. The highest BCUT2D eigenvalue weighted by atomic mass is 79.9. The molecule has 1 aromatic carbocycles. The first-order chi connectivity index (χ1) is 10.2. The van der Waals surface area contributed by atoms with Crippen LogP contribution in [0.1, 0.15) is 58.4 Å². The number of rotatable bonds is 3. The quantitative estimate of drug-likeness (QED) is 0.920. The fourth-order valence-electron chi connectivity index (χ4n) is 3.06. The average Bonchev–Trinajstić information content (AvgIpc) is 3.06. The summed E-state index contributed by atoms with van der Waals surface area (Å²) in [5.74, 6) is 0.338. The lowest BCUT2D eigenvalue weighted by atomic mass is 10.1. The number of fused-ring (bicyclic) bond motifs is 1. The van der Waals surface area contributed by atoms with Gasteiger partial charge in [-0.05, 0) is 42.9 Å². The molecular formula is C16H15BrN2O2. The Hall–Kier alpha value is -1.62. The van der Waals surface area contributed by atoms with Crippen LogP contribution >= 0.6 is 15.9 Å². The second-order valence-corrected chi connectivity index (χ2v) is 6.61. The van der Waals surface area contributed by atoms with Gasteiger partial charge in [0.15, 0.2) is 0 Å². The molecule has 1 heterocycles. The van der Waals surface area contributed by atoms with Gasteiger partial charge in [-0.2, -0.15) is 0 Å². The van der Waals surface area contributed by atoms with E-state index in [1.54, 1.807) is 0 Å². The van der Waals surface area contributed by atoms with Gasteiger partial charge in [0.05, 0.1) is 11.7 Å². The molecule has 0 saturated heterocycles. The Labute approximate surface area is 131 Å². The van der Waals surface area contributed by atoms with Gasteiger partial charge in [-0.3, -0.25) is 4.79 Å². The monoisotopic (exact) mass is 346 g/mol. The van der Waals surface area contributed by atoms with Crippen LogP contribution in [0.4, 0.5) is 0 Å². The minimum Gasteiger partial charge on any atom is -0.364 e. The van der Waals surface area contributed by atoms with E-state index in [4.69, 9.17) is 4.52 Å². The van der Waals surface area contributed by atoms with E-state index >= 15 is 0 Å². The first kappa shape index (κ1) is 13.1. The van der Waals surface area contributed by atoms with Gasteiger partial charge in [-0.1, -0.05) is 33.2 Å². The zero-order valence-electron chi connectivity index (χ0n) is 11.4. The van der Waals surface area contributed by atoms with Gasteiger partial charge in [0, 0.05) is 10.4 Å².